The van der Waals surface area contributed by atoms with Gasteiger partial charge in [-0.2, -0.15) is 5.10 Å². The number of nitrogen functional groups attached to an aromatic ring is 1. The molecule has 2 rings (SSSR count). The number of nitrogens with two attached hydrogens (primary N) is 1. The molecule has 0 aromatic carbocycles. The highest BCUT2D eigenvalue weighted by atomic mass is 32.2. The Labute approximate surface area is 98.6 Å². The average Bonchev–Trinajstić information content (AvgIpc) is 2.72. The zero-order valence-electron chi connectivity index (χ0n) is 8.75. The Morgan fingerprint density at radius 2 is 2.24 bits per heavy atom. The van der Waals surface area contributed by atoms with Crippen LogP contribution in [0.1, 0.15) is 6.42 Å². The Morgan fingerprint density at radius 3 is 2.71 bits per heavy atom. The molecule has 1 unspecified atom stereocenters. The summed E-state index contributed by atoms with van der Waals surface area (Å²) >= 11 is 0. The Bertz CT molecular complexity index is 618. The van der Waals surface area contributed by atoms with Crippen molar-refractivity contribution in [2.45, 2.75) is 17.4 Å². The minimum Gasteiger partial charge on any atom is -0.383 e. The molecule has 1 aromatic heterocycles. The van der Waals surface area contributed by atoms with E-state index in [0.717, 1.165) is 6.20 Å². The number of hydrogen-bond acceptors (Lipinski definition) is 6. The van der Waals surface area contributed by atoms with Gasteiger partial charge in [-0.1, -0.05) is 0 Å². The summed E-state index contributed by atoms with van der Waals surface area (Å²) in [5, 5.41) is 5.81. The van der Waals surface area contributed by atoms with E-state index in [9.17, 15) is 16.8 Å². The molecule has 1 atom stereocenters. The second kappa shape index (κ2) is 3.96. The normalized spacial score (nSPS) is 23.9. The van der Waals surface area contributed by atoms with E-state index in [2.05, 4.69) is 14.9 Å². The van der Waals surface area contributed by atoms with Crippen molar-refractivity contribution in [3.63, 3.8) is 0 Å². The lowest BCUT2D eigenvalue weighted by molar-refractivity contribution is 0.563. The van der Waals surface area contributed by atoms with Crippen molar-refractivity contribution in [3.05, 3.63) is 6.20 Å². The zero-order valence-corrected chi connectivity index (χ0v) is 10.4. The van der Waals surface area contributed by atoms with Crippen molar-refractivity contribution in [2.75, 3.05) is 17.2 Å². The molecule has 17 heavy (non-hydrogen) atoms. The van der Waals surface area contributed by atoms with Gasteiger partial charge in [0.1, 0.15) is 10.7 Å². The van der Waals surface area contributed by atoms with E-state index in [4.69, 9.17) is 5.73 Å². The van der Waals surface area contributed by atoms with E-state index in [1.54, 1.807) is 0 Å². The van der Waals surface area contributed by atoms with Gasteiger partial charge in [0.25, 0.3) is 0 Å². The fraction of sp³-hybridized carbons (Fsp3) is 0.571. The highest BCUT2D eigenvalue weighted by molar-refractivity contribution is 7.92. The van der Waals surface area contributed by atoms with Crippen LogP contribution in [-0.4, -0.2) is 44.6 Å². The van der Waals surface area contributed by atoms with E-state index in [0.29, 0.717) is 0 Å². The van der Waals surface area contributed by atoms with Gasteiger partial charge in [-0.25, -0.2) is 21.6 Å². The number of H-pyrrole nitrogens is 1. The van der Waals surface area contributed by atoms with Crippen LogP contribution in [0.5, 0.6) is 0 Å². The molecule has 1 aromatic rings. The van der Waals surface area contributed by atoms with E-state index in [1.165, 1.54) is 0 Å². The van der Waals surface area contributed by atoms with Gasteiger partial charge in [0.2, 0.25) is 10.0 Å². The zero-order chi connectivity index (χ0) is 12.7. The van der Waals surface area contributed by atoms with E-state index in [-0.39, 0.29) is 28.6 Å². The molecule has 0 bridgehead atoms. The molecule has 4 N–H and O–H groups in total. The third-order valence-corrected chi connectivity index (χ3v) is 5.79. The Hall–Kier alpha value is -1.13. The maximum Gasteiger partial charge on any atom is 0.246 e. The number of nitrogens with zero attached hydrogens (tertiary/aromatic N) is 1. The molecule has 1 saturated heterocycles. The SMILES string of the molecule is Nc1[nH]ncc1S(=O)(=O)NC1CCS(=O)(=O)C1. The molecule has 0 aliphatic carbocycles. The van der Waals surface area contributed by atoms with Crippen molar-refractivity contribution in [1.29, 1.82) is 0 Å². The van der Waals surface area contributed by atoms with Gasteiger partial charge in [0, 0.05) is 6.04 Å². The van der Waals surface area contributed by atoms with Crippen molar-refractivity contribution >= 4 is 25.7 Å². The molecule has 1 aliphatic rings. The Kier molecular flexibility index (Phi) is 2.87. The van der Waals surface area contributed by atoms with Gasteiger partial charge in [-0.15, -0.1) is 0 Å². The molecule has 96 valence electrons. The molecule has 1 aliphatic heterocycles. The summed E-state index contributed by atoms with van der Waals surface area (Å²) in [5.41, 5.74) is 5.40. The largest absolute Gasteiger partial charge is 0.383 e. The number of rotatable bonds is 3. The van der Waals surface area contributed by atoms with Crippen LogP contribution in [0.2, 0.25) is 0 Å². The second-order valence-electron chi connectivity index (χ2n) is 3.87. The lowest BCUT2D eigenvalue weighted by atomic mass is 10.3. The lowest BCUT2D eigenvalue weighted by Gasteiger charge is -2.10. The number of aromatic amines is 1. The highest BCUT2D eigenvalue weighted by Crippen LogP contribution is 2.18. The average molecular weight is 280 g/mol. The van der Waals surface area contributed by atoms with Gasteiger partial charge in [-0.05, 0) is 6.42 Å². The maximum atomic E-state index is 11.8. The van der Waals surface area contributed by atoms with Gasteiger partial charge >= 0.3 is 0 Å². The first-order valence-corrected chi connectivity index (χ1v) is 8.12. The topological polar surface area (TPSA) is 135 Å². The molecule has 0 amide bonds. The predicted molar refractivity (Wildman–Crippen MR) is 60.4 cm³/mol. The molecule has 0 radical (unpaired) electrons. The molecule has 8 nitrogen and oxygen atoms in total. The van der Waals surface area contributed by atoms with Gasteiger partial charge in [0.05, 0.1) is 17.7 Å². The number of nitrogens with one attached hydrogen (secondary N) is 2. The fourth-order valence-electron chi connectivity index (χ4n) is 1.67. The fourth-order valence-corrected chi connectivity index (χ4v) is 4.74. The first-order valence-electron chi connectivity index (χ1n) is 4.82. The smallest absolute Gasteiger partial charge is 0.246 e. The summed E-state index contributed by atoms with van der Waals surface area (Å²) in [5.74, 6) is -0.247. The third kappa shape index (κ3) is 2.58. The molecule has 0 spiro atoms. The molecule has 10 heteroatoms. The van der Waals surface area contributed by atoms with Crippen LogP contribution in [-0.2, 0) is 19.9 Å². The van der Waals surface area contributed by atoms with Crippen LogP contribution in [0.25, 0.3) is 0 Å². The number of sulfone groups is 1. The van der Waals surface area contributed by atoms with E-state index < -0.39 is 25.9 Å². The Morgan fingerprint density at radius 1 is 1.53 bits per heavy atom. The molecular weight excluding hydrogens is 268 g/mol. The summed E-state index contributed by atoms with van der Waals surface area (Å²) in [6, 6.07) is -0.598. The van der Waals surface area contributed by atoms with Crippen LogP contribution < -0.4 is 10.5 Å². The summed E-state index contributed by atoms with van der Waals surface area (Å²) in [6.45, 7) is 0. The number of anilines is 1. The summed E-state index contributed by atoms with van der Waals surface area (Å²) < 4.78 is 48.4. The van der Waals surface area contributed by atoms with Crippen LogP contribution in [0, 0.1) is 0 Å². The summed E-state index contributed by atoms with van der Waals surface area (Å²) in [4.78, 5) is -0.165. The monoisotopic (exact) mass is 280 g/mol. The number of hydrogen-bond donors (Lipinski definition) is 3. The molecule has 1 fully saturated rings. The standard InChI is InChI=1S/C7H12N4O4S2/c8-7-6(3-9-10-7)17(14,15)11-5-1-2-16(12,13)4-5/h3,5,11H,1-2,4H2,(H3,8,9,10). The minimum absolute atomic E-state index is 0.00105. The van der Waals surface area contributed by atoms with Gasteiger partial charge < -0.3 is 5.73 Å². The number of aromatic nitrogens is 2. The molecule has 0 saturated carbocycles. The second-order valence-corrected chi connectivity index (χ2v) is 7.78. The van der Waals surface area contributed by atoms with E-state index >= 15 is 0 Å². The third-order valence-electron chi connectivity index (χ3n) is 2.48. The van der Waals surface area contributed by atoms with Crippen molar-refractivity contribution in [1.82, 2.24) is 14.9 Å². The highest BCUT2D eigenvalue weighted by Gasteiger charge is 2.32. The van der Waals surface area contributed by atoms with Crippen molar-refractivity contribution in [2.24, 2.45) is 0 Å². The first kappa shape index (κ1) is 12.3. The summed E-state index contributed by atoms with van der Waals surface area (Å²) in [7, 11) is -6.94. The minimum atomic E-state index is -3.81. The first-order chi connectivity index (χ1) is 7.80. The van der Waals surface area contributed by atoms with Gasteiger partial charge in [0.15, 0.2) is 9.84 Å². The maximum absolute atomic E-state index is 11.8. The summed E-state index contributed by atoms with van der Waals surface area (Å²) in [6.07, 6.45) is 1.36. The van der Waals surface area contributed by atoms with Crippen LogP contribution in [0.4, 0.5) is 5.82 Å². The number of sulfonamides is 1. The molecule has 2 heterocycles. The lowest BCUT2D eigenvalue weighted by Crippen LogP contribution is -2.35. The van der Waals surface area contributed by atoms with Crippen LogP contribution >= 0.6 is 0 Å². The quantitative estimate of drug-likeness (QED) is 0.614. The molecular formula is C7H12N4O4S2. The Balaban J connectivity index is 2.17. The van der Waals surface area contributed by atoms with Crippen molar-refractivity contribution in [3.8, 4) is 0 Å². The van der Waals surface area contributed by atoms with Gasteiger partial charge in [-0.3, -0.25) is 5.10 Å². The predicted octanol–water partition coefficient (Wildman–Crippen LogP) is -1.54. The van der Waals surface area contributed by atoms with Crippen LogP contribution in [0.3, 0.4) is 0 Å². The van der Waals surface area contributed by atoms with Crippen LogP contribution in [0.15, 0.2) is 11.1 Å². The van der Waals surface area contributed by atoms with E-state index in [1.807, 2.05) is 0 Å². The van der Waals surface area contributed by atoms with Crippen molar-refractivity contribution < 1.29 is 16.8 Å².